The summed E-state index contributed by atoms with van der Waals surface area (Å²) in [5, 5.41) is 15.5. The highest BCUT2D eigenvalue weighted by Gasteiger charge is 2.40. The maximum atomic E-state index is 12.6. The summed E-state index contributed by atoms with van der Waals surface area (Å²) in [5.41, 5.74) is 0.486. The topological polar surface area (TPSA) is 100 Å². The lowest BCUT2D eigenvalue weighted by molar-refractivity contribution is -0.0129. The van der Waals surface area contributed by atoms with Crippen molar-refractivity contribution in [2.24, 2.45) is 0 Å². The molecule has 1 aromatic rings. The average Bonchev–Trinajstić information content (AvgIpc) is 3.18. The number of benzene rings is 1. The van der Waals surface area contributed by atoms with E-state index in [1.807, 2.05) is 11.8 Å². The molecule has 3 rings (SSSR count). The number of phenols is 1. The molecule has 0 aromatic heterocycles. The Kier molecular flexibility index (Phi) is 6.46. The molecule has 0 aliphatic carbocycles. The molecule has 3 N–H and O–H groups in total. The number of carbonyl (C=O) groups excluding carboxylic acids is 2. The lowest BCUT2D eigenvalue weighted by atomic mass is 9.95. The van der Waals surface area contributed by atoms with Crippen LogP contribution in [-0.4, -0.2) is 79.0 Å². The van der Waals surface area contributed by atoms with E-state index in [1.54, 1.807) is 6.07 Å². The van der Waals surface area contributed by atoms with E-state index in [2.05, 4.69) is 20.3 Å². The number of ether oxygens (including phenoxy) is 2. The van der Waals surface area contributed by atoms with Crippen molar-refractivity contribution >= 4 is 29.4 Å². The normalized spacial score (nSPS) is 23.0. The number of thioether (sulfide) groups is 1. The molecule has 9 heteroatoms. The largest absolute Gasteiger partial charge is 0.506 e. The second-order valence-electron chi connectivity index (χ2n) is 6.66. The van der Waals surface area contributed by atoms with E-state index < -0.39 is 6.09 Å². The number of morpholine rings is 1. The van der Waals surface area contributed by atoms with Crippen LogP contribution in [0.3, 0.4) is 0 Å². The van der Waals surface area contributed by atoms with Crippen LogP contribution in [0.15, 0.2) is 18.2 Å². The Bertz CT molecular complexity index is 688. The zero-order chi connectivity index (χ0) is 19.3. The summed E-state index contributed by atoms with van der Waals surface area (Å²) in [7, 11) is 1.24. The van der Waals surface area contributed by atoms with Crippen LogP contribution in [-0.2, 0) is 9.47 Å². The van der Waals surface area contributed by atoms with Gasteiger partial charge in [0.05, 0.1) is 26.0 Å². The predicted octanol–water partition coefficient (Wildman–Crippen LogP) is 1.51. The van der Waals surface area contributed by atoms with Gasteiger partial charge in [-0.3, -0.25) is 15.0 Å². The molecule has 0 bridgehead atoms. The highest BCUT2D eigenvalue weighted by Crippen LogP contribution is 2.33. The van der Waals surface area contributed by atoms with Crippen LogP contribution in [0.1, 0.15) is 16.8 Å². The third-order valence-electron chi connectivity index (χ3n) is 5.02. The fourth-order valence-corrected chi connectivity index (χ4v) is 4.90. The quantitative estimate of drug-likeness (QED) is 0.650. The minimum Gasteiger partial charge on any atom is -0.506 e. The van der Waals surface area contributed by atoms with Crippen molar-refractivity contribution < 1.29 is 24.2 Å². The zero-order valence-corrected chi connectivity index (χ0v) is 16.1. The SMILES string of the molecule is COC(=O)Nc1ccc(C(=O)NC[C@@]2(N3CCOCC3)CCSC2)cc1O. The van der Waals surface area contributed by atoms with Gasteiger partial charge < -0.3 is 19.9 Å². The van der Waals surface area contributed by atoms with Crippen LogP contribution in [0.4, 0.5) is 10.5 Å². The molecule has 0 radical (unpaired) electrons. The van der Waals surface area contributed by atoms with Gasteiger partial charge in [0.2, 0.25) is 0 Å². The van der Waals surface area contributed by atoms with E-state index in [1.165, 1.54) is 19.2 Å². The fraction of sp³-hybridized carbons (Fsp3) is 0.556. The van der Waals surface area contributed by atoms with Crippen LogP contribution in [0.25, 0.3) is 0 Å². The average molecular weight is 395 g/mol. The molecule has 0 spiro atoms. The highest BCUT2D eigenvalue weighted by molar-refractivity contribution is 7.99. The number of methoxy groups -OCH3 is 1. The van der Waals surface area contributed by atoms with Crippen molar-refractivity contribution in [3.05, 3.63) is 23.8 Å². The lowest BCUT2D eigenvalue weighted by Crippen LogP contribution is -2.59. The van der Waals surface area contributed by atoms with Crippen LogP contribution in [0, 0.1) is 0 Å². The summed E-state index contributed by atoms with van der Waals surface area (Å²) < 4.78 is 9.95. The third-order valence-corrected chi connectivity index (χ3v) is 6.26. The number of anilines is 1. The number of amides is 2. The molecule has 1 aromatic carbocycles. The third kappa shape index (κ3) is 4.66. The Morgan fingerprint density at radius 2 is 2.15 bits per heavy atom. The second kappa shape index (κ2) is 8.81. The molecule has 2 aliphatic rings. The van der Waals surface area contributed by atoms with Gasteiger partial charge in [0.25, 0.3) is 5.91 Å². The fourth-order valence-electron chi connectivity index (χ4n) is 3.42. The molecular weight excluding hydrogens is 370 g/mol. The second-order valence-corrected chi connectivity index (χ2v) is 7.76. The first kappa shape index (κ1) is 19.8. The molecule has 8 nitrogen and oxygen atoms in total. The van der Waals surface area contributed by atoms with Crippen molar-refractivity contribution in [1.29, 1.82) is 0 Å². The number of aromatic hydroxyl groups is 1. The van der Waals surface area contributed by atoms with Gasteiger partial charge in [-0.15, -0.1) is 0 Å². The first-order chi connectivity index (χ1) is 13.0. The van der Waals surface area contributed by atoms with Gasteiger partial charge in [-0.1, -0.05) is 0 Å². The first-order valence-corrected chi connectivity index (χ1v) is 10.1. The van der Waals surface area contributed by atoms with E-state index in [-0.39, 0.29) is 22.9 Å². The van der Waals surface area contributed by atoms with Gasteiger partial charge in [0, 0.05) is 36.5 Å². The van der Waals surface area contributed by atoms with E-state index >= 15 is 0 Å². The lowest BCUT2D eigenvalue weighted by Gasteiger charge is -2.43. The predicted molar refractivity (Wildman–Crippen MR) is 104 cm³/mol. The monoisotopic (exact) mass is 395 g/mol. The molecule has 2 heterocycles. The van der Waals surface area contributed by atoms with Crippen molar-refractivity contribution in [1.82, 2.24) is 10.2 Å². The van der Waals surface area contributed by atoms with Crippen LogP contribution >= 0.6 is 11.8 Å². The van der Waals surface area contributed by atoms with E-state index in [4.69, 9.17) is 4.74 Å². The minimum atomic E-state index is -0.686. The summed E-state index contributed by atoms with van der Waals surface area (Å²) in [6.07, 6.45) is 0.347. The number of nitrogens with one attached hydrogen (secondary N) is 2. The number of carbonyl (C=O) groups is 2. The number of rotatable bonds is 5. The van der Waals surface area contributed by atoms with Gasteiger partial charge in [0.1, 0.15) is 5.75 Å². The van der Waals surface area contributed by atoms with Gasteiger partial charge in [-0.2, -0.15) is 11.8 Å². The Morgan fingerprint density at radius 3 is 2.78 bits per heavy atom. The van der Waals surface area contributed by atoms with Crippen molar-refractivity contribution in [2.75, 3.05) is 56.8 Å². The van der Waals surface area contributed by atoms with Crippen molar-refractivity contribution in [3.63, 3.8) is 0 Å². The van der Waals surface area contributed by atoms with Crippen LogP contribution in [0.5, 0.6) is 5.75 Å². The maximum Gasteiger partial charge on any atom is 0.411 e. The van der Waals surface area contributed by atoms with Crippen molar-refractivity contribution in [2.45, 2.75) is 12.0 Å². The Morgan fingerprint density at radius 1 is 1.37 bits per heavy atom. The maximum absolute atomic E-state index is 12.6. The summed E-state index contributed by atoms with van der Waals surface area (Å²) in [6, 6.07) is 4.38. The van der Waals surface area contributed by atoms with E-state index in [9.17, 15) is 14.7 Å². The molecule has 2 saturated heterocycles. The minimum absolute atomic E-state index is 0.0431. The first-order valence-electron chi connectivity index (χ1n) is 8.91. The molecule has 148 valence electrons. The Hall–Kier alpha value is -1.97. The summed E-state index contributed by atoms with van der Waals surface area (Å²) in [6.45, 7) is 3.77. The van der Waals surface area contributed by atoms with Crippen LogP contribution < -0.4 is 10.6 Å². The van der Waals surface area contributed by atoms with Crippen molar-refractivity contribution in [3.8, 4) is 5.75 Å². The number of nitrogens with zero attached hydrogens (tertiary/aromatic N) is 1. The smallest absolute Gasteiger partial charge is 0.411 e. The molecule has 1 atom stereocenters. The highest BCUT2D eigenvalue weighted by atomic mass is 32.2. The van der Waals surface area contributed by atoms with Gasteiger partial charge >= 0.3 is 6.09 Å². The molecule has 27 heavy (non-hydrogen) atoms. The van der Waals surface area contributed by atoms with E-state index in [0.717, 1.165) is 44.2 Å². The summed E-state index contributed by atoms with van der Waals surface area (Å²) in [5.74, 6) is 1.63. The van der Waals surface area contributed by atoms with Gasteiger partial charge in [-0.25, -0.2) is 4.79 Å². The zero-order valence-electron chi connectivity index (χ0n) is 15.3. The molecule has 2 fully saturated rings. The number of phenolic OH excluding ortho intramolecular Hbond substituents is 1. The van der Waals surface area contributed by atoms with E-state index in [0.29, 0.717) is 12.1 Å². The molecule has 0 saturated carbocycles. The number of hydrogen-bond acceptors (Lipinski definition) is 7. The summed E-state index contributed by atoms with van der Waals surface area (Å²) in [4.78, 5) is 26.3. The molecule has 0 unspecified atom stereocenters. The van der Waals surface area contributed by atoms with Crippen LogP contribution in [0.2, 0.25) is 0 Å². The molecule has 2 aliphatic heterocycles. The van der Waals surface area contributed by atoms with Gasteiger partial charge in [0.15, 0.2) is 0 Å². The number of hydrogen-bond donors (Lipinski definition) is 3. The molecule has 2 amide bonds. The molecular formula is C18H25N3O5S. The Balaban J connectivity index is 1.64. The summed E-state index contributed by atoms with van der Waals surface area (Å²) >= 11 is 1.91. The Labute approximate surface area is 162 Å². The van der Waals surface area contributed by atoms with Gasteiger partial charge in [-0.05, 0) is 30.4 Å². The standard InChI is InChI=1S/C18H25N3O5S/c1-25-17(24)20-14-3-2-13(10-15(14)22)16(23)19-11-18(4-9-27-12-18)21-5-7-26-8-6-21/h2-3,10,22H,4-9,11-12H2,1H3,(H,19,23)(H,20,24)/t18-/m0/s1.